The molecule has 1 rings (SSSR count). The largest absolute Gasteiger partial charge is 0.380 e. The van der Waals surface area contributed by atoms with Gasteiger partial charge in [-0.15, -0.1) is 0 Å². The number of nitrogens with one attached hydrogen (secondary N) is 1. The van der Waals surface area contributed by atoms with E-state index in [1.165, 1.54) is 11.1 Å². The maximum atomic E-state index is 5.37. The number of benzene rings is 1. The van der Waals surface area contributed by atoms with E-state index < -0.39 is 0 Å². The number of rotatable bonds is 5. The summed E-state index contributed by atoms with van der Waals surface area (Å²) >= 11 is 0. The van der Waals surface area contributed by atoms with Crippen molar-refractivity contribution in [3.8, 4) is 0 Å². The van der Waals surface area contributed by atoms with Crippen LogP contribution in [0.2, 0.25) is 0 Å². The SMILES string of the molecule is CCc1cccc(C(NC)C(C)OC)c1. The van der Waals surface area contributed by atoms with Crippen LogP contribution in [0.5, 0.6) is 0 Å². The van der Waals surface area contributed by atoms with E-state index in [2.05, 4.69) is 43.4 Å². The summed E-state index contributed by atoms with van der Waals surface area (Å²) in [5.41, 5.74) is 2.67. The molecule has 1 aromatic carbocycles. The van der Waals surface area contributed by atoms with Crippen molar-refractivity contribution in [1.29, 1.82) is 0 Å². The molecule has 0 aliphatic rings. The van der Waals surface area contributed by atoms with Gasteiger partial charge < -0.3 is 10.1 Å². The van der Waals surface area contributed by atoms with Crippen LogP contribution >= 0.6 is 0 Å². The lowest BCUT2D eigenvalue weighted by Crippen LogP contribution is -2.28. The molecule has 0 amide bonds. The van der Waals surface area contributed by atoms with Crippen molar-refractivity contribution in [2.24, 2.45) is 0 Å². The summed E-state index contributed by atoms with van der Waals surface area (Å²) in [5, 5.41) is 3.30. The van der Waals surface area contributed by atoms with Crippen LogP contribution in [0.4, 0.5) is 0 Å². The predicted octanol–water partition coefficient (Wildman–Crippen LogP) is 2.54. The molecule has 2 nitrogen and oxygen atoms in total. The Labute approximate surface area is 92.6 Å². The monoisotopic (exact) mass is 207 g/mol. The smallest absolute Gasteiger partial charge is 0.0737 e. The molecular formula is C13H21NO. The number of hydrogen-bond donors (Lipinski definition) is 1. The first-order valence-electron chi connectivity index (χ1n) is 5.51. The lowest BCUT2D eigenvalue weighted by Gasteiger charge is -2.23. The van der Waals surface area contributed by atoms with Crippen molar-refractivity contribution in [2.75, 3.05) is 14.2 Å². The zero-order valence-electron chi connectivity index (χ0n) is 10.1. The van der Waals surface area contributed by atoms with Crippen LogP contribution < -0.4 is 5.32 Å². The average molecular weight is 207 g/mol. The van der Waals surface area contributed by atoms with E-state index in [1.807, 2.05) is 7.05 Å². The highest BCUT2D eigenvalue weighted by atomic mass is 16.5. The van der Waals surface area contributed by atoms with Gasteiger partial charge in [0.2, 0.25) is 0 Å². The van der Waals surface area contributed by atoms with E-state index in [9.17, 15) is 0 Å². The number of aryl methyl sites for hydroxylation is 1. The number of hydrogen-bond acceptors (Lipinski definition) is 2. The van der Waals surface area contributed by atoms with E-state index in [0.717, 1.165) is 6.42 Å². The van der Waals surface area contributed by atoms with Gasteiger partial charge in [0.15, 0.2) is 0 Å². The molecule has 0 saturated heterocycles. The molecule has 0 fully saturated rings. The molecule has 0 aromatic heterocycles. The Kier molecular flexibility index (Phi) is 4.79. The maximum absolute atomic E-state index is 5.37. The fourth-order valence-corrected chi connectivity index (χ4v) is 1.81. The third-order valence-electron chi connectivity index (χ3n) is 2.87. The van der Waals surface area contributed by atoms with Crippen molar-refractivity contribution in [3.63, 3.8) is 0 Å². The first kappa shape index (κ1) is 12.2. The molecule has 2 atom stereocenters. The number of ether oxygens (including phenoxy) is 1. The van der Waals surface area contributed by atoms with E-state index in [0.29, 0.717) is 0 Å². The van der Waals surface area contributed by atoms with Crippen molar-refractivity contribution in [1.82, 2.24) is 5.32 Å². The second-order valence-corrected chi connectivity index (χ2v) is 3.81. The normalized spacial score (nSPS) is 14.9. The van der Waals surface area contributed by atoms with Gasteiger partial charge in [-0.25, -0.2) is 0 Å². The minimum atomic E-state index is 0.183. The van der Waals surface area contributed by atoms with E-state index in [-0.39, 0.29) is 12.1 Å². The van der Waals surface area contributed by atoms with Crippen LogP contribution in [0.3, 0.4) is 0 Å². The molecule has 0 spiro atoms. The molecule has 0 heterocycles. The van der Waals surface area contributed by atoms with Crippen LogP contribution in [0.15, 0.2) is 24.3 Å². The molecule has 1 N–H and O–H groups in total. The summed E-state index contributed by atoms with van der Waals surface area (Å²) in [6, 6.07) is 8.93. The highest BCUT2D eigenvalue weighted by Gasteiger charge is 2.16. The minimum Gasteiger partial charge on any atom is -0.380 e. The Hall–Kier alpha value is -0.860. The summed E-state index contributed by atoms with van der Waals surface area (Å²) in [6.07, 6.45) is 1.26. The molecule has 1 aromatic rings. The van der Waals surface area contributed by atoms with Crippen molar-refractivity contribution < 1.29 is 4.74 Å². The molecule has 15 heavy (non-hydrogen) atoms. The Morgan fingerprint density at radius 2 is 2.13 bits per heavy atom. The molecule has 2 heteroatoms. The molecule has 2 unspecified atom stereocenters. The van der Waals surface area contributed by atoms with E-state index in [1.54, 1.807) is 7.11 Å². The van der Waals surface area contributed by atoms with Gasteiger partial charge in [-0.3, -0.25) is 0 Å². The maximum Gasteiger partial charge on any atom is 0.0737 e. The zero-order chi connectivity index (χ0) is 11.3. The highest BCUT2D eigenvalue weighted by molar-refractivity contribution is 5.26. The van der Waals surface area contributed by atoms with Gasteiger partial charge in [-0.05, 0) is 31.5 Å². The summed E-state index contributed by atoms with van der Waals surface area (Å²) in [4.78, 5) is 0. The summed E-state index contributed by atoms with van der Waals surface area (Å²) in [5.74, 6) is 0. The van der Waals surface area contributed by atoms with Gasteiger partial charge in [-0.2, -0.15) is 0 Å². The summed E-state index contributed by atoms with van der Waals surface area (Å²) in [6.45, 7) is 4.26. The molecule has 0 aliphatic carbocycles. The zero-order valence-corrected chi connectivity index (χ0v) is 10.1. The van der Waals surface area contributed by atoms with Gasteiger partial charge in [-0.1, -0.05) is 31.2 Å². The van der Waals surface area contributed by atoms with Gasteiger partial charge in [0.25, 0.3) is 0 Å². The number of likely N-dealkylation sites (N-methyl/N-ethyl adjacent to an activating group) is 1. The average Bonchev–Trinajstić information content (AvgIpc) is 2.30. The highest BCUT2D eigenvalue weighted by Crippen LogP contribution is 2.19. The third-order valence-corrected chi connectivity index (χ3v) is 2.87. The molecule has 0 radical (unpaired) electrons. The second kappa shape index (κ2) is 5.89. The van der Waals surface area contributed by atoms with Crippen molar-refractivity contribution in [2.45, 2.75) is 32.4 Å². The second-order valence-electron chi connectivity index (χ2n) is 3.81. The van der Waals surface area contributed by atoms with Crippen LogP contribution in [0.1, 0.15) is 31.0 Å². The van der Waals surface area contributed by atoms with Crippen molar-refractivity contribution >= 4 is 0 Å². The Balaban J connectivity index is 2.91. The molecular weight excluding hydrogens is 186 g/mol. The topological polar surface area (TPSA) is 21.3 Å². The Bertz CT molecular complexity index is 298. The quantitative estimate of drug-likeness (QED) is 0.801. The molecule has 0 saturated carbocycles. The first-order chi connectivity index (χ1) is 7.22. The van der Waals surface area contributed by atoms with Crippen LogP contribution in [-0.4, -0.2) is 20.3 Å². The molecule has 0 aliphatic heterocycles. The Morgan fingerprint density at radius 3 is 2.67 bits per heavy atom. The molecule has 0 bridgehead atoms. The summed E-state index contributed by atoms with van der Waals surface area (Å²) in [7, 11) is 3.72. The minimum absolute atomic E-state index is 0.183. The van der Waals surface area contributed by atoms with Crippen LogP contribution in [0, 0.1) is 0 Å². The Morgan fingerprint density at radius 1 is 1.40 bits per heavy atom. The van der Waals surface area contributed by atoms with E-state index >= 15 is 0 Å². The standard InChI is InChI=1S/C13H21NO/c1-5-11-7-6-8-12(9-11)13(14-3)10(2)15-4/h6-10,13-14H,5H2,1-4H3. The van der Waals surface area contributed by atoms with Gasteiger partial charge >= 0.3 is 0 Å². The molecule has 84 valence electrons. The van der Waals surface area contributed by atoms with E-state index in [4.69, 9.17) is 4.74 Å². The first-order valence-corrected chi connectivity index (χ1v) is 5.51. The summed E-state index contributed by atoms with van der Waals surface area (Å²) < 4.78 is 5.37. The van der Waals surface area contributed by atoms with Crippen LogP contribution in [-0.2, 0) is 11.2 Å². The fraction of sp³-hybridized carbons (Fsp3) is 0.538. The van der Waals surface area contributed by atoms with Gasteiger partial charge in [0.05, 0.1) is 12.1 Å². The van der Waals surface area contributed by atoms with Gasteiger partial charge in [0.1, 0.15) is 0 Å². The number of methoxy groups -OCH3 is 1. The lowest BCUT2D eigenvalue weighted by atomic mass is 9.99. The predicted molar refractivity (Wildman–Crippen MR) is 64.1 cm³/mol. The van der Waals surface area contributed by atoms with Crippen molar-refractivity contribution in [3.05, 3.63) is 35.4 Å². The third kappa shape index (κ3) is 3.05. The fourth-order valence-electron chi connectivity index (χ4n) is 1.81. The van der Waals surface area contributed by atoms with Crippen LogP contribution in [0.25, 0.3) is 0 Å². The lowest BCUT2D eigenvalue weighted by molar-refractivity contribution is 0.0857. The van der Waals surface area contributed by atoms with Gasteiger partial charge in [0, 0.05) is 7.11 Å².